The molecule has 0 atom stereocenters. The number of benzene rings is 1. The Hall–Kier alpha value is -3.81. The van der Waals surface area contributed by atoms with E-state index in [0.29, 0.717) is 17.8 Å². The van der Waals surface area contributed by atoms with Gasteiger partial charge >= 0.3 is 0 Å². The first kappa shape index (κ1) is 15.7. The normalized spacial score (nSPS) is 10.8. The molecule has 8 nitrogen and oxygen atoms in total. The molecule has 4 rings (SSSR count). The van der Waals surface area contributed by atoms with Gasteiger partial charge in [0.15, 0.2) is 5.82 Å². The van der Waals surface area contributed by atoms with Crippen molar-refractivity contribution in [1.82, 2.24) is 24.6 Å². The summed E-state index contributed by atoms with van der Waals surface area (Å²) in [6.45, 7) is 0. The number of anilines is 1. The minimum atomic E-state index is -0.384. The fourth-order valence-corrected chi connectivity index (χ4v) is 2.56. The summed E-state index contributed by atoms with van der Waals surface area (Å²) in [7, 11) is 0. The predicted octanol–water partition coefficient (Wildman–Crippen LogP) is 1.66. The third kappa shape index (κ3) is 3.20. The maximum Gasteiger partial charge on any atom is 0.258 e. The van der Waals surface area contributed by atoms with Gasteiger partial charge in [-0.25, -0.2) is 0 Å². The fraction of sp³-hybridized carbons (Fsp3) is 0.0556. The van der Waals surface area contributed by atoms with Crippen LogP contribution in [0.5, 0.6) is 0 Å². The van der Waals surface area contributed by atoms with Crippen molar-refractivity contribution in [2.24, 2.45) is 0 Å². The minimum absolute atomic E-state index is 0.240. The highest BCUT2D eigenvalue weighted by Gasteiger charge is 2.13. The quantitative estimate of drug-likeness (QED) is 0.585. The summed E-state index contributed by atoms with van der Waals surface area (Å²) < 4.78 is 1.41. The van der Waals surface area contributed by atoms with Crippen molar-refractivity contribution in [3.05, 3.63) is 88.2 Å². The third-order valence-electron chi connectivity index (χ3n) is 3.75. The molecule has 4 aromatic rings. The Morgan fingerprint density at radius 3 is 2.77 bits per heavy atom. The number of hydrogen-bond donors (Lipinski definition) is 2. The number of fused-ring (bicyclic) bond motifs is 1. The molecule has 1 amide bonds. The molecule has 0 saturated heterocycles. The van der Waals surface area contributed by atoms with Crippen molar-refractivity contribution in [2.75, 3.05) is 5.32 Å². The molecule has 2 N–H and O–H groups in total. The van der Waals surface area contributed by atoms with E-state index in [1.807, 2.05) is 30.3 Å². The minimum Gasteiger partial charge on any atom is -0.306 e. The summed E-state index contributed by atoms with van der Waals surface area (Å²) in [4.78, 5) is 35.1. The van der Waals surface area contributed by atoms with E-state index in [4.69, 9.17) is 0 Å². The van der Waals surface area contributed by atoms with Crippen molar-refractivity contribution in [1.29, 1.82) is 0 Å². The van der Waals surface area contributed by atoms with E-state index < -0.39 is 0 Å². The maximum atomic E-state index is 12.3. The lowest BCUT2D eigenvalue weighted by molar-refractivity contribution is 0.102. The second kappa shape index (κ2) is 6.60. The number of pyridine rings is 1. The Bertz CT molecular complexity index is 1120. The summed E-state index contributed by atoms with van der Waals surface area (Å²) in [6, 6.07) is 14.3. The zero-order valence-corrected chi connectivity index (χ0v) is 13.6. The van der Waals surface area contributed by atoms with E-state index in [2.05, 4.69) is 25.4 Å². The summed E-state index contributed by atoms with van der Waals surface area (Å²) in [5.74, 6) is 0.661. The molecule has 128 valence electrons. The zero-order chi connectivity index (χ0) is 17.9. The lowest BCUT2D eigenvalue weighted by Crippen LogP contribution is -2.18. The molecule has 0 bridgehead atoms. The molecular weight excluding hydrogens is 332 g/mol. The van der Waals surface area contributed by atoms with Gasteiger partial charge in [-0.15, -0.1) is 5.10 Å². The number of amides is 1. The van der Waals surface area contributed by atoms with Gasteiger partial charge < -0.3 is 5.32 Å². The maximum absolute atomic E-state index is 12.3. The van der Waals surface area contributed by atoms with Crippen LogP contribution in [0.3, 0.4) is 0 Å². The molecule has 0 saturated carbocycles. The standard InChI is InChI=1S/C18H14N6O2/c25-16-10-15(21-17(26)13-7-4-8-19-11-13)24-18(22-16)20-14(23-24)9-12-5-2-1-3-6-12/h1-8,10-11H,9H2,(H,21,26)(H,20,22,23,25). The van der Waals surface area contributed by atoms with Crippen LogP contribution in [0.4, 0.5) is 5.82 Å². The average molecular weight is 346 g/mol. The van der Waals surface area contributed by atoms with Gasteiger partial charge in [0, 0.05) is 24.9 Å². The highest BCUT2D eigenvalue weighted by molar-refractivity contribution is 6.03. The average Bonchev–Trinajstić information content (AvgIpc) is 3.05. The summed E-state index contributed by atoms with van der Waals surface area (Å²) >= 11 is 0. The Labute approximate surface area is 147 Å². The first-order valence-electron chi connectivity index (χ1n) is 7.93. The van der Waals surface area contributed by atoms with Gasteiger partial charge in [-0.05, 0) is 17.7 Å². The van der Waals surface area contributed by atoms with Crippen LogP contribution in [0, 0.1) is 0 Å². The van der Waals surface area contributed by atoms with Gasteiger partial charge in [-0.1, -0.05) is 30.3 Å². The van der Waals surface area contributed by atoms with Crippen molar-refractivity contribution in [3.63, 3.8) is 0 Å². The lowest BCUT2D eigenvalue weighted by Gasteiger charge is -2.05. The molecule has 0 spiro atoms. The molecule has 26 heavy (non-hydrogen) atoms. The summed E-state index contributed by atoms with van der Waals surface area (Å²) in [5.41, 5.74) is 1.05. The molecule has 0 fully saturated rings. The third-order valence-corrected chi connectivity index (χ3v) is 3.75. The number of carbonyl (C=O) groups excluding carboxylic acids is 1. The van der Waals surface area contributed by atoms with Gasteiger partial charge in [0.1, 0.15) is 5.82 Å². The molecule has 0 radical (unpaired) electrons. The Morgan fingerprint density at radius 1 is 1.15 bits per heavy atom. The van der Waals surface area contributed by atoms with E-state index in [-0.39, 0.29) is 23.1 Å². The number of rotatable bonds is 4. The largest absolute Gasteiger partial charge is 0.306 e. The van der Waals surface area contributed by atoms with Crippen LogP contribution >= 0.6 is 0 Å². The second-order valence-corrected chi connectivity index (χ2v) is 5.64. The Morgan fingerprint density at radius 2 is 2.00 bits per heavy atom. The van der Waals surface area contributed by atoms with Gasteiger partial charge in [-0.2, -0.15) is 9.50 Å². The zero-order valence-electron chi connectivity index (χ0n) is 13.6. The van der Waals surface area contributed by atoms with E-state index in [1.54, 1.807) is 18.3 Å². The van der Waals surface area contributed by atoms with Gasteiger partial charge in [0.2, 0.25) is 5.78 Å². The number of H-pyrrole nitrogens is 1. The Balaban J connectivity index is 1.68. The number of carbonyl (C=O) groups is 1. The highest BCUT2D eigenvalue weighted by atomic mass is 16.2. The summed E-state index contributed by atoms with van der Waals surface area (Å²) in [5, 5.41) is 7.08. The van der Waals surface area contributed by atoms with Crippen molar-refractivity contribution >= 4 is 17.5 Å². The molecule has 0 unspecified atom stereocenters. The molecule has 3 aromatic heterocycles. The SMILES string of the molecule is O=C(Nc1cc(=O)[nH]c2nc(Cc3ccccc3)nn12)c1cccnc1. The van der Waals surface area contributed by atoms with Gasteiger partial charge in [0.05, 0.1) is 5.56 Å². The van der Waals surface area contributed by atoms with E-state index >= 15 is 0 Å². The van der Waals surface area contributed by atoms with Crippen LogP contribution < -0.4 is 10.9 Å². The number of hydrogen-bond acceptors (Lipinski definition) is 5. The molecule has 0 aliphatic carbocycles. The number of aromatic amines is 1. The van der Waals surface area contributed by atoms with Crippen LogP contribution in [0.25, 0.3) is 5.78 Å². The van der Waals surface area contributed by atoms with E-state index in [1.165, 1.54) is 16.8 Å². The number of nitrogens with zero attached hydrogens (tertiary/aromatic N) is 4. The second-order valence-electron chi connectivity index (χ2n) is 5.64. The molecule has 1 aromatic carbocycles. The molecule has 0 aliphatic heterocycles. The number of nitrogens with one attached hydrogen (secondary N) is 2. The molecule has 3 heterocycles. The van der Waals surface area contributed by atoms with E-state index in [9.17, 15) is 9.59 Å². The van der Waals surface area contributed by atoms with Crippen LogP contribution in [0.2, 0.25) is 0 Å². The molecule has 0 aliphatic rings. The smallest absolute Gasteiger partial charge is 0.258 e. The van der Waals surface area contributed by atoms with Gasteiger partial charge in [0.25, 0.3) is 11.5 Å². The molecular formula is C18H14N6O2. The fourth-order valence-electron chi connectivity index (χ4n) is 2.56. The topological polar surface area (TPSA) is 105 Å². The van der Waals surface area contributed by atoms with Crippen molar-refractivity contribution in [2.45, 2.75) is 6.42 Å². The summed E-state index contributed by atoms with van der Waals surface area (Å²) in [6.07, 6.45) is 3.54. The monoisotopic (exact) mass is 346 g/mol. The highest BCUT2D eigenvalue weighted by Crippen LogP contribution is 2.11. The predicted molar refractivity (Wildman–Crippen MR) is 95.0 cm³/mol. The van der Waals surface area contributed by atoms with E-state index in [0.717, 1.165) is 5.56 Å². The first-order chi connectivity index (χ1) is 12.7. The molecule has 8 heteroatoms. The van der Waals surface area contributed by atoms with Crippen LogP contribution in [0.1, 0.15) is 21.7 Å². The van der Waals surface area contributed by atoms with Gasteiger partial charge in [-0.3, -0.25) is 19.6 Å². The lowest BCUT2D eigenvalue weighted by atomic mass is 10.1. The van der Waals surface area contributed by atoms with Crippen molar-refractivity contribution < 1.29 is 4.79 Å². The van der Waals surface area contributed by atoms with Crippen LogP contribution in [-0.2, 0) is 6.42 Å². The first-order valence-corrected chi connectivity index (χ1v) is 7.93. The van der Waals surface area contributed by atoms with Crippen molar-refractivity contribution in [3.8, 4) is 0 Å². The Kier molecular flexibility index (Phi) is 3.98. The van der Waals surface area contributed by atoms with Crippen LogP contribution in [0.15, 0.2) is 65.7 Å². The van der Waals surface area contributed by atoms with Crippen LogP contribution in [-0.4, -0.2) is 30.5 Å². The number of aromatic nitrogens is 5.